The fourth-order valence-electron chi connectivity index (χ4n) is 1.66. The van der Waals surface area contributed by atoms with E-state index in [1.54, 1.807) is 12.1 Å². The van der Waals surface area contributed by atoms with Gasteiger partial charge in [0.1, 0.15) is 11.3 Å². The van der Waals surface area contributed by atoms with E-state index < -0.39 is 0 Å². The van der Waals surface area contributed by atoms with Crippen molar-refractivity contribution in [3.8, 4) is 0 Å². The second-order valence-electron chi connectivity index (χ2n) is 5.29. The zero-order chi connectivity index (χ0) is 13.3. The third-order valence-electron chi connectivity index (χ3n) is 2.68. The first-order valence-corrected chi connectivity index (χ1v) is 6.72. The van der Waals surface area contributed by atoms with Gasteiger partial charge in [-0.05, 0) is 23.8 Å². The van der Waals surface area contributed by atoms with Crippen molar-refractivity contribution in [1.29, 1.82) is 0 Å². The minimum Gasteiger partial charge on any atom is -0.301 e. The molecule has 5 heteroatoms. The van der Waals surface area contributed by atoms with Crippen LogP contribution in [0.4, 0.5) is 4.39 Å². The Kier molecular flexibility index (Phi) is 5.18. The molecule has 2 N–H and O–H groups in total. The smallest absolute Gasteiger partial charge is 0.149 e. The molecule has 1 atom stereocenters. The van der Waals surface area contributed by atoms with Crippen molar-refractivity contribution < 1.29 is 4.39 Å². The predicted molar refractivity (Wildman–Crippen MR) is 84.1 cm³/mol. The molecule has 1 unspecified atom stereocenters. The quantitative estimate of drug-likeness (QED) is 0.849. The molecule has 0 amide bonds. The molecule has 19 heavy (non-hydrogen) atoms. The summed E-state index contributed by atoms with van der Waals surface area (Å²) in [6.07, 6.45) is 2.04. The Morgan fingerprint density at radius 3 is 2.32 bits per heavy atom. The summed E-state index contributed by atoms with van der Waals surface area (Å²) >= 11 is 1.49. The lowest BCUT2D eigenvalue weighted by Crippen LogP contribution is -2.26. The van der Waals surface area contributed by atoms with Gasteiger partial charge < -0.3 is 5.73 Å². The molecule has 0 aliphatic carbocycles. The van der Waals surface area contributed by atoms with Crippen LogP contribution in [0.2, 0.25) is 0 Å². The second kappa shape index (κ2) is 6.07. The Hall–Kier alpha value is -0.840. The van der Waals surface area contributed by atoms with Crippen LogP contribution in [0.1, 0.15) is 26.3 Å². The molecule has 0 bridgehead atoms. The zero-order valence-corrected chi connectivity index (χ0v) is 12.8. The van der Waals surface area contributed by atoms with E-state index in [2.05, 4.69) is 25.8 Å². The van der Waals surface area contributed by atoms with E-state index in [0.29, 0.717) is 0 Å². The molecule has 104 valence electrons. The number of rotatable bonds is 1. The predicted octanol–water partition coefficient (Wildman–Crippen LogP) is 4.06. The Morgan fingerprint density at radius 2 is 1.79 bits per heavy atom. The number of hydrogen-bond acceptors (Lipinski definition) is 3. The van der Waals surface area contributed by atoms with Crippen LogP contribution >= 0.6 is 24.2 Å². The van der Waals surface area contributed by atoms with E-state index in [-0.39, 0.29) is 29.1 Å². The third-order valence-corrected chi connectivity index (χ3v) is 3.63. The summed E-state index contributed by atoms with van der Waals surface area (Å²) in [6, 6.07) is 6.47. The molecule has 1 aromatic carbocycles. The third kappa shape index (κ3) is 4.06. The molecule has 0 radical (unpaired) electrons. The topological polar surface area (TPSA) is 38.4 Å². The van der Waals surface area contributed by atoms with E-state index in [1.807, 2.05) is 6.08 Å². The first-order chi connectivity index (χ1) is 8.36. The van der Waals surface area contributed by atoms with E-state index in [1.165, 1.54) is 23.9 Å². The molecule has 0 fully saturated rings. The normalized spacial score (nSPS) is 19.3. The van der Waals surface area contributed by atoms with Crippen LogP contribution in [-0.4, -0.2) is 11.2 Å². The van der Waals surface area contributed by atoms with Crippen molar-refractivity contribution in [2.24, 2.45) is 16.1 Å². The number of aliphatic imine (C=N–C) groups is 1. The minimum atomic E-state index is -0.288. The fraction of sp³-hybridized carbons (Fsp3) is 0.357. The molecule has 2 nitrogen and oxygen atoms in total. The van der Waals surface area contributed by atoms with E-state index in [9.17, 15) is 4.39 Å². The first kappa shape index (κ1) is 16.2. The SMILES string of the molecule is CC(C)(C)C1=NC(N)SC(c2ccc(F)cc2)=C1.Cl. The van der Waals surface area contributed by atoms with Gasteiger partial charge in [-0.3, -0.25) is 4.99 Å². The number of nitrogens with zero attached hydrogens (tertiary/aromatic N) is 1. The van der Waals surface area contributed by atoms with E-state index in [4.69, 9.17) is 5.73 Å². The number of allylic oxidation sites excluding steroid dienone is 1. The van der Waals surface area contributed by atoms with Crippen LogP contribution in [-0.2, 0) is 0 Å². The summed E-state index contributed by atoms with van der Waals surface area (Å²) in [7, 11) is 0. The fourth-order valence-corrected chi connectivity index (χ4v) is 2.54. The molecule has 0 saturated carbocycles. The number of thioether (sulfide) groups is 1. The Balaban J connectivity index is 0.00000180. The van der Waals surface area contributed by atoms with Crippen molar-refractivity contribution in [3.63, 3.8) is 0 Å². The number of benzene rings is 1. The average Bonchev–Trinajstić information content (AvgIpc) is 2.28. The lowest BCUT2D eigenvalue weighted by Gasteiger charge is -2.25. The first-order valence-electron chi connectivity index (χ1n) is 5.84. The van der Waals surface area contributed by atoms with E-state index >= 15 is 0 Å². The van der Waals surface area contributed by atoms with Crippen LogP contribution < -0.4 is 5.73 Å². The van der Waals surface area contributed by atoms with Crippen LogP contribution in [0.5, 0.6) is 0 Å². The molecule has 1 heterocycles. The van der Waals surface area contributed by atoms with Crippen LogP contribution in [0, 0.1) is 11.2 Å². The van der Waals surface area contributed by atoms with Gasteiger partial charge in [-0.15, -0.1) is 12.4 Å². The summed E-state index contributed by atoms with van der Waals surface area (Å²) < 4.78 is 12.9. The number of hydrogen-bond donors (Lipinski definition) is 1. The summed E-state index contributed by atoms with van der Waals surface area (Å²) in [4.78, 5) is 5.50. The number of halogens is 2. The van der Waals surface area contributed by atoms with Gasteiger partial charge in [-0.25, -0.2) is 4.39 Å². The second-order valence-corrected chi connectivity index (χ2v) is 6.45. The van der Waals surface area contributed by atoms with Gasteiger partial charge in [0.05, 0.1) is 0 Å². The molecular formula is C14H18ClFN2S. The molecular weight excluding hydrogens is 283 g/mol. The van der Waals surface area contributed by atoms with Gasteiger partial charge >= 0.3 is 0 Å². The summed E-state index contributed by atoms with van der Waals surface area (Å²) in [5.74, 6) is -0.228. The average molecular weight is 301 g/mol. The van der Waals surface area contributed by atoms with Crippen LogP contribution in [0.3, 0.4) is 0 Å². The lowest BCUT2D eigenvalue weighted by molar-refractivity contribution is 0.590. The maximum atomic E-state index is 12.9. The van der Waals surface area contributed by atoms with Gasteiger partial charge in [0.25, 0.3) is 0 Å². The summed E-state index contributed by atoms with van der Waals surface area (Å²) in [5, 5.41) is 0. The highest BCUT2D eigenvalue weighted by Gasteiger charge is 2.23. The van der Waals surface area contributed by atoms with Crippen molar-refractivity contribution in [1.82, 2.24) is 0 Å². The molecule has 1 aromatic rings. The van der Waals surface area contributed by atoms with E-state index in [0.717, 1.165) is 16.2 Å². The van der Waals surface area contributed by atoms with Crippen LogP contribution in [0.25, 0.3) is 4.91 Å². The Labute approximate surface area is 123 Å². The van der Waals surface area contributed by atoms with Gasteiger partial charge in [0.2, 0.25) is 0 Å². The molecule has 1 aliphatic heterocycles. The van der Waals surface area contributed by atoms with Gasteiger partial charge in [0.15, 0.2) is 0 Å². The molecule has 2 rings (SSSR count). The maximum Gasteiger partial charge on any atom is 0.149 e. The van der Waals surface area contributed by atoms with Gasteiger partial charge in [-0.1, -0.05) is 44.7 Å². The van der Waals surface area contributed by atoms with Crippen molar-refractivity contribution in [2.45, 2.75) is 26.3 Å². The highest BCUT2D eigenvalue weighted by Crippen LogP contribution is 2.36. The van der Waals surface area contributed by atoms with Crippen LogP contribution in [0.15, 0.2) is 35.3 Å². The molecule has 0 saturated heterocycles. The van der Waals surface area contributed by atoms with Gasteiger partial charge in [0, 0.05) is 16.0 Å². The summed E-state index contributed by atoms with van der Waals surface area (Å²) in [5.41, 5.74) is 7.57. The Bertz CT molecular complexity index is 503. The largest absolute Gasteiger partial charge is 0.301 e. The molecule has 1 aliphatic rings. The summed E-state index contributed by atoms with van der Waals surface area (Å²) in [6.45, 7) is 6.31. The minimum absolute atomic E-state index is 0. The zero-order valence-electron chi connectivity index (χ0n) is 11.2. The molecule has 0 aromatic heterocycles. The monoisotopic (exact) mass is 300 g/mol. The highest BCUT2D eigenvalue weighted by atomic mass is 35.5. The molecule has 0 spiro atoms. The lowest BCUT2D eigenvalue weighted by atomic mass is 9.89. The Morgan fingerprint density at radius 1 is 1.21 bits per heavy atom. The highest BCUT2D eigenvalue weighted by molar-refractivity contribution is 8.08. The number of nitrogens with two attached hydrogens (primary N) is 1. The maximum absolute atomic E-state index is 12.9. The van der Waals surface area contributed by atoms with Gasteiger partial charge in [-0.2, -0.15) is 0 Å². The standard InChI is InChI=1S/C14H17FN2S.ClH/c1-14(2,3)12-8-11(18-13(16)17-12)9-4-6-10(15)7-5-9;/h4-8,13H,16H2,1-3H3;1H. The van der Waals surface area contributed by atoms with Crippen molar-refractivity contribution >= 4 is 34.8 Å². The van der Waals surface area contributed by atoms with Crippen molar-refractivity contribution in [2.75, 3.05) is 0 Å². The van der Waals surface area contributed by atoms with Crippen molar-refractivity contribution in [3.05, 3.63) is 41.7 Å².